The van der Waals surface area contributed by atoms with Crippen molar-refractivity contribution < 1.29 is 13.2 Å². The fourth-order valence-corrected chi connectivity index (χ4v) is 2.55. The van der Waals surface area contributed by atoms with Crippen molar-refractivity contribution in [1.29, 1.82) is 0 Å². The zero-order valence-corrected chi connectivity index (χ0v) is 11.8. The Bertz CT molecular complexity index is 537. The van der Waals surface area contributed by atoms with Crippen LogP contribution in [0.5, 0.6) is 0 Å². The summed E-state index contributed by atoms with van der Waals surface area (Å²) in [5, 5.41) is 5.72. The second-order valence-corrected chi connectivity index (χ2v) is 5.58. The van der Waals surface area contributed by atoms with Crippen LogP contribution in [0.15, 0.2) is 35.7 Å². The molecule has 0 bridgehead atoms. The van der Waals surface area contributed by atoms with Crippen molar-refractivity contribution in [3.63, 3.8) is 0 Å². The number of rotatable bonds is 5. The van der Waals surface area contributed by atoms with Crippen LogP contribution in [-0.4, -0.2) is 11.2 Å². The Kier molecular flexibility index (Phi) is 4.77. The molecule has 2 aromatic rings. The molecule has 0 fully saturated rings. The number of hydrogen-bond acceptors (Lipinski definition) is 3. The topological polar surface area (TPSA) is 24.9 Å². The van der Waals surface area contributed by atoms with Crippen molar-refractivity contribution in [1.82, 2.24) is 10.3 Å². The molecule has 20 heavy (non-hydrogen) atoms. The highest BCUT2D eigenvalue weighted by atomic mass is 32.1. The zero-order valence-electron chi connectivity index (χ0n) is 10.9. The van der Waals surface area contributed by atoms with Gasteiger partial charge in [-0.1, -0.05) is 30.3 Å². The van der Waals surface area contributed by atoms with Gasteiger partial charge in [0, 0.05) is 18.0 Å². The first kappa shape index (κ1) is 15.0. The van der Waals surface area contributed by atoms with E-state index >= 15 is 0 Å². The Morgan fingerprint density at radius 1 is 1.25 bits per heavy atom. The van der Waals surface area contributed by atoms with Crippen LogP contribution in [-0.2, 0) is 6.54 Å². The molecule has 1 N–H and O–H groups in total. The van der Waals surface area contributed by atoms with Crippen LogP contribution < -0.4 is 5.32 Å². The minimum absolute atomic E-state index is 0.333. The Balaban J connectivity index is 2.07. The van der Waals surface area contributed by atoms with E-state index in [-0.39, 0.29) is 0 Å². The first-order valence-electron chi connectivity index (χ1n) is 6.20. The average Bonchev–Trinajstić information content (AvgIpc) is 2.80. The van der Waals surface area contributed by atoms with Crippen LogP contribution in [0, 0.1) is 6.92 Å². The maximum absolute atomic E-state index is 12.7. The number of halogens is 3. The summed E-state index contributed by atoms with van der Waals surface area (Å²) in [6.45, 7) is 2.21. The average molecular weight is 300 g/mol. The van der Waals surface area contributed by atoms with Gasteiger partial charge in [0.1, 0.15) is 0 Å². The molecule has 0 aliphatic carbocycles. The molecule has 0 saturated heterocycles. The number of benzene rings is 1. The van der Waals surface area contributed by atoms with E-state index in [0.717, 1.165) is 10.7 Å². The summed E-state index contributed by atoms with van der Waals surface area (Å²) in [6, 6.07) is 7.93. The van der Waals surface area contributed by atoms with E-state index in [1.807, 2.05) is 12.3 Å². The van der Waals surface area contributed by atoms with Crippen molar-refractivity contribution in [2.24, 2.45) is 0 Å². The lowest BCUT2D eigenvalue weighted by atomic mass is 10.0. The molecule has 0 radical (unpaired) electrons. The van der Waals surface area contributed by atoms with E-state index in [1.54, 1.807) is 30.3 Å². The van der Waals surface area contributed by atoms with Gasteiger partial charge >= 0.3 is 6.18 Å². The van der Waals surface area contributed by atoms with Crippen LogP contribution in [0.2, 0.25) is 0 Å². The van der Waals surface area contributed by atoms with Crippen LogP contribution >= 0.6 is 11.3 Å². The maximum Gasteiger partial charge on any atom is 0.390 e. The minimum atomic E-state index is -4.20. The van der Waals surface area contributed by atoms with Gasteiger partial charge in [0.15, 0.2) is 0 Å². The van der Waals surface area contributed by atoms with E-state index < -0.39 is 18.6 Å². The molecule has 0 aliphatic rings. The van der Waals surface area contributed by atoms with Gasteiger partial charge in [-0.05, 0) is 12.5 Å². The zero-order chi connectivity index (χ0) is 14.6. The van der Waals surface area contributed by atoms with Crippen LogP contribution in [0.1, 0.15) is 28.7 Å². The first-order chi connectivity index (χ1) is 9.44. The molecule has 2 rings (SSSR count). The lowest BCUT2D eigenvalue weighted by Crippen LogP contribution is -2.26. The molecule has 108 valence electrons. The third-order valence-corrected chi connectivity index (χ3v) is 3.66. The second-order valence-electron chi connectivity index (χ2n) is 4.52. The Morgan fingerprint density at radius 2 is 1.95 bits per heavy atom. The minimum Gasteiger partial charge on any atom is -0.304 e. The summed E-state index contributed by atoms with van der Waals surface area (Å²) < 4.78 is 38.0. The standard InChI is InChI=1S/C14H15F3N2S/c1-10-19-12(9-20-10)8-18-13(7-14(15,16)17)11-5-3-2-4-6-11/h2-6,9,13,18H,7-8H2,1H3. The lowest BCUT2D eigenvalue weighted by Gasteiger charge is -2.20. The molecule has 1 aromatic heterocycles. The number of nitrogens with zero attached hydrogens (tertiary/aromatic N) is 1. The van der Waals surface area contributed by atoms with Crippen LogP contribution in [0.3, 0.4) is 0 Å². The number of nitrogens with one attached hydrogen (secondary N) is 1. The Hall–Kier alpha value is -1.40. The monoisotopic (exact) mass is 300 g/mol. The van der Waals surface area contributed by atoms with E-state index in [2.05, 4.69) is 10.3 Å². The number of hydrogen-bond donors (Lipinski definition) is 1. The number of thiazole rings is 1. The summed E-state index contributed by atoms with van der Waals surface area (Å²) >= 11 is 1.49. The Morgan fingerprint density at radius 3 is 2.50 bits per heavy atom. The normalized spacial score (nSPS) is 13.4. The highest BCUT2D eigenvalue weighted by Gasteiger charge is 2.32. The molecule has 6 heteroatoms. The molecule has 1 heterocycles. The van der Waals surface area contributed by atoms with Gasteiger partial charge in [0.05, 0.1) is 17.1 Å². The molecule has 0 aliphatic heterocycles. The molecule has 2 nitrogen and oxygen atoms in total. The molecular formula is C14H15F3N2S. The van der Waals surface area contributed by atoms with E-state index in [9.17, 15) is 13.2 Å². The molecule has 0 saturated carbocycles. The third kappa shape index (κ3) is 4.61. The maximum atomic E-state index is 12.7. The predicted octanol–water partition coefficient (Wildman–Crippen LogP) is 4.23. The van der Waals surface area contributed by atoms with E-state index in [4.69, 9.17) is 0 Å². The van der Waals surface area contributed by atoms with Crippen molar-refractivity contribution in [3.05, 3.63) is 52.0 Å². The first-order valence-corrected chi connectivity index (χ1v) is 7.08. The molecule has 1 atom stereocenters. The number of aryl methyl sites for hydroxylation is 1. The number of aromatic nitrogens is 1. The van der Waals surface area contributed by atoms with Gasteiger partial charge < -0.3 is 5.32 Å². The van der Waals surface area contributed by atoms with Gasteiger partial charge in [-0.3, -0.25) is 0 Å². The largest absolute Gasteiger partial charge is 0.390 e. The van der Waals surface area contributed by atoms with Gasteiger partial charge in [0.2, 0.25) is 0 Å². The van der Waals surface area contributed by atoms with Crippen LogP contribution in [0.25, 0.3) is 0 Å². The van der Waals surface area contributed by atoms with Gasteiger partial charge in [-0.25, -0.2) is 4.98 Å². The molecule has 0 spiro atoms. The SMILES string of the molecule is Cc1nc(CNC(CC(F)(F)F)c2ccccc2)cs1. The lowest BCUT2D eigenvalue weighted by molar-refractivity contribution is -0.140. The van der Waals surface area contributed by atoms with Crippen molar-refractivity contribution in [3.8, 4) is 0 Å². The quantitative estimate of drug-likeness (QED) is 0.893. The highest BCUT2D eigenvalue weighted by molar-refractivity contribution is 7.09. The predicted molar refractivity (Wildman–Crippen MR) is 73.5 cm³/mol. The molecule has 0 amide bonds. The highest BCUT2D eigenvalue weighted by Crippen LogP contribution is 2.29. The Labute approximate surface area is 119 Å². The van der Waals surface area contributed by atoms with Gasteiger partial charge in [-0.2, -0.15) is 13.2 Å². The second kappa shape index (κ2) is 6.37. The fraction of sp³-hybridized carbons (Fsp3) is 0.357. The molecule has 1 unspecified atom stereocenters. The fourth-order valence-electron chi connectivity index (χ4n) is 1.94. The van der Waals surface area contributed by atoms with Crippen molar-refractivity contribution >= 4 is 11.3 Å². The smallest absolute Gasteiger partial charge is 0.304 e. The summed E-state index contributed by atoms with van der Waals surface area (Å²) in [5.41, 5.74) is 1.41. The number of alkyl halides is 3. The van der Waals surface area contributed by atoms with Crippen LogP contribution in [0.4, 0.5) is 13.2 Å². The molecular weight excluding hydrogens is 285 g/mol. The summed E-state index contributed by atoms with van der Waals surface area (Å²) in [5.74, 6) is 0. The third-order valence-electron chi connectivity index (χ3n) is 2.83. The van der Waals surface area contributed by atoms with E-state index in [0.29, 0.717) is 12.1 Å². The van der Waals surface area contributed by atoms with E-state index in [1.165, 1.54) is 11.3 Å². The van der Waals surface area contributed by atoms with Gasteiger partial charge in [-0.15, -0.1) is 11.3 Å². The van der Waals surface area contributed by atoms with Crippen molar-refractivity contribution in [2.75, 3.05) is 0 Å². The summed E-state index contributed by atoms with van der Waals surface area (Å²) in [4.78, 5) is 4.25. The van der Waals surface area contributed by atoms with Gasteiger partial charge in [0.25, 0.3) is 0 Å². The summed E-state index contributed by atoms with van der Waals surface area (Å²) in [7, 11) is 0. The molecule has 1 aromatic carbocycles. The van der Waals surface area contributed by atoms with Crippen molar-refractivity contribution in [2.45, 2.75) is 32.1 Å². The summed E-state index contributed by atoms with van der Waals surface area (Å²) in [6.07, 6.45) is -5.09.